The molecule has 1 N–H and O–H groups in total. The van der Waals surface area contributed by atoms with Crippen LogP contribution >= 0.6 is 10.0 Å². The molecule has 0 radical (unpaired) electrons. The van der Waals surface area contributed by atoms with E-state index in [2.05, 4.69) is 92.4 Å². The molecule has 0 bridgehead atoms. The zero-order valence-electron chi connectivity index (χ0n) is 15.8. The van der Waals surface area contributed by atoms with Crippen molar-refractivity contribution in [2.24, 2.45) is 0 Å². The van der Waals surface area contributed by atoms with E-state index < -0.39 is 10.0 Å². The summed E-state index contributed by atoms with van der Waals surface area (Å²) >= 11 is 0. The third-order valence-corrected chi connectivity index (χ3v) is 8.94. The van der Waals surface area contributed by atoms with Gasteiger partial charge in [-0.05, 0) is 52.0 Å². The molecule has 24 heavy (non-hydrogen) atoms. The average Bonchev–Trinajstić information content (AvgIpc) is 2.55. The Morgan fingerprint density at radius 2 is 1.29 bits per heavy atom. The van der Waals surface area contributed by atoms with Gasteiger partial charge in [0.2, 0.25) is 0 Å². The maximum Gasteiger partial charge on any atom is 0.0745 e. The van der Waals surface area contributed by atoms with E-state index in [0.717, 1.165) is 0 Å². The quantitative estimate of drug-likeness (QED) is 0.807. The molecule has 2 aromatic rings. The molecular formula is C21H32O2S. The SMILES string of the molecule is CC(C)(C)S(C)(c1ccccc1)c1ccccc1.COC[C@H](C)O. The minimum absolute atomic E-state index is 0.246. The lowest BCUT2D eigenvalue weighted by atomic mass is 10.3. The highest BCUT2D eigenvalue weighted by Gasteiger charge is 2.35. The summed E-state index contributed by atoms with van der Waals surface area (Å²) in [7, 11) is 0.550. The summed E-state index contributed by atoms with van der Waals surface area (Å²) in [5.74, 6) is 0. The first kappa shape index (κ1) is 20.8. The van der Waals surface area contributed by atoms with Gasteiger partial charge in [0.05, 0.1) is 12.7 Å². The normalized spacial score (nSPS) is 13.6. The van der Waals surface area contributed by atoms with Gasteiger partial charge in [-0.2, -0.15) is 10.0 Å². The van der Waals surface area contributed by atoms with Crippen molar-refractivity contribution in [2.75, 3.05) is 20.0 Å². The largest absolute Gasteiger partial charge is 0.391 e. The minimum atomic E-state index is -1.01. The van der Waals surface area contributed by atoms with Gasteiger partial charge in [0.1, 0.15) is 0 Å². The summed E-state index contributed by atoms with van der Waals surface area (Å²) in [5.41, 5.74) is 0. The second-order valence-corrected chi connectivity index (χ2v) is 11.0. The Kier molecular flexibility index (Phi) is 8.01. The summed E-state index contributed by atoms with van der Waals surface area (Å²) in [4.78, 5) is 2.92. The van der Waals surface area contributed by atoms with Gasteiger partial charge in [0, 0.05) is 7.11 Å². The monoisotopic (exact) mass is 348 g/mol. The van der Waals surface area contributed by atoms with Crippen LogP contribution in [0.1, 0.15) is 27.7 Å². The van der Waals surface area contributed by atoms with Crippen LogP contribution in [0.2, 0.25) is 0 Å². The molecule has 0 unspecified atom stereocenters. The van der Waals surface area contributed by atoms with Gasteiger partial charge in [-0.1, -0.05) is 57.2 Å². The zero-order chi connectivity index (χ0) is 18.2. The number of rotatable bonds is 4. The van der Waals surface area contributed by atoms with Crippen molar-refractivity contribution in [3.63, 3.8) is 0 Å². The fourth-order valence-corrected chi connectivity index (χ4v) is 5.56. The highest BCUT2D eigenvalue weighted by atomic mass is 32.3. The molecule has 0 aliphatic rings. The van der Waals surface area contributed by atoms with Gasteiger partial charge in [0.15, 0.2) is 0 Å². The van der Waals surface area contributed by atoms with Gasteiger partial charge in [0.25, 0.3) is 0 Å². The van der Waals surface area contributed by atoms with Crippen molar-refractivity contribution in [3.8, 4) is 0 Å². The molecule has 134 valence electrons. The van der Waals surface area contributed by atoms with Crippen LogP contribution in [0.15, 0.2) is 70.5 Å². The van der Waals surface area contributed by atoms with Crippen LogP contribution in [0.3, 0.4) is 0 Å². The number of methoxy groups -OCH3 is 1. The fraction of sp³-hybridized carbons (Fsp3) is 0.429. The maximum atomic E-state index is 8.43. The molecule has 2 rings (SSSR count). The highest BCUT2D eigenvalue weighted by Crippen LogP contribution is 2.67. The third kappa shape index (κ3) is 5.37. The molecule has 0 aliphatic heterocycles. The number of hydrogen-bond donors (Lipinski definition) is 1. The van der Waals surface area contributed by atoms with Crippen molar-refractivity contribution in [2.45, 2.75) is 48.3 Å². The minimum Gasteiger partial charge on any atom is -0.391 e. The van der Waals surface area contributed by atoms with Crippen molar-refractivity contribution >= 4 is 10.0 Å². The van der Waals surface area contributed by atoms with Crippen LogP contribution in [0, 0.1) is 0 Å². The van der Waals surface area contributed by atoms with Crippen LogP contribution in [0.25, 0.3) is 0 Å². The Balaban J connectivity index is 0.000000413. The lowest BCUT2D eigenvalue weighted by Gasteiger charge is -2.48. The second kappa shape index (κ2) is 9.26. The van der Waals surface area contributed by atoms with Crippen molar-refractivity contribution in [1.82, 2.24) is 0 Å². The summed E-state index contributed by atoms with van der Waals surface area (Å²) in [6.07, 6.45) is 2.10. The number of aliphatic hydroxyl groups excluding tert-OH is 1. The Labute approximate surface area is 149 Å². The van der Waals surface area contributed by atoms with E-state index in [1.54, 1.807) is 14.0 Å². The van der Waals surface area contributed by atoms with Crippen LogP contribution in [0.4, 0.5) is 0 Å². The van der Waals surface area contributed by atoms with Crippen molar-refractivity contribution < 1.29 is 9.84 Å². The topological polar surface area (TPSA) is 29.5 Å². The molecule has 1 atom stereocenters. The first-order chi connectivity index (χ1) is 11.2. The van der Waals surface area contributed by atoms with E-state index in [4.69, 9.17) is 5.11 Å². The number of hydrogen-bond acceptors (Lipinski definition) is 2. The first-order valence-electron chi connectivity index (χ1n) is 8.28. The lowest BCUT2D eigenvalue weighted by Crippen LogP contribution is -2.24. The second-order valence-electron chi connectivity index (χ2n) is 6.96. The van der Waals surface area contributed by atoms with E-state index in [1.807, 2.05) is 0 Å². The van der Waals surface area contributed by atoms with Gasteiger partial charge < -0.3 is 9.84 Å². The molecular weight excluding hydrogens is 316 g/mol. The molecule has 0 aromatic heterocycles. The predicted molar refractivity (Wildman–Crippen MR) is 106 cm³/mol. The van der Waals surface area contributed by atoms with E-state index in [-0.39, 0.29) is 10.9 Å². The van der Waals surface area contributed by atoms with E-state index in [1.165, 1.54) is 9.79 Å². The number of benzene rings is 2. The molecule has 0 spiro atoms. The molecule has 0 saturated carbocycles. The summed E-state index contributed by atoms with van der Waals surface area (Å²) in [6, 6.07) is 21.9. The Hall–Kier alpha value is -1.29. The van der Waals surface area contributed by atoms with Gasteiger partial charge in [-0.15, -0.1) is 0 Å². The maximum absolute atomic E-state index is 8.43. The van der Waals surface area contributed by atoms with Gasteiger partial charge >= 0.3 is 0 Å². The van der Waals surface area contributed by atoms with Gasteiger partial charge in [-0.3, -0.25) is 0 Å². The smallest absolute Gasteiger partial charge is 0.0745 e. The van der Waals surface area contributed by atoms with Crippen LogP contribution in [0.5, 0.6) is 0 Å². The van der Waals surface area contributed by atoms with Crippen LogP contribution in [-0.4, -0.2) is 35.9 Å². The third-order valence-electron chi connectivity index (χ3n) is 4.06. The van der Waals surface area contributed by atoms with Gasteiger partial charge in [-0.25, -0.2) is 0 Å². The van der Waals surface area contributed by atoms with E-state index in [0.29, 0.717) is 6.61 Å². The Morgan fingerprint density at radius 1 is 0.917 bits per heavy atom. The fourth-order valence-electron chi connectivity index (χ4n) is 2.47. The number of ether oxygens (including phenoxy) is 1. The average molecular weight is 349 g/mol. The van der Waals surface area contributed by atoms with Crippen molar-refractivity contribution in [1.29, 1.82) is 0 Å². The standard InChI is InChI=1S/C17H22S.C4H10O2/c1-17(2,3)18(4,15-11-7-5-8-12-15)16-13-9-6-10-14-16;1-4(5)3-6-2/h5-14H,1-4H3;4-5H,3H2,1-2H3/t;4-/m.0/s1. The van der Waals surface area contributed by atoms with Crippen LogP contribution in [-0.2, 0) is 4.74 Å². The highest BCUT2D eigenvalue weighted by molar-refractivity contribution is 8.34. The molecule has 0 heterocycles. The summed E-state index contributed by atoms with van der Waals surface area (Å²) < 4.78 is 4.80. The molecule has 0 amide bonds. The molecule has 3 heteroatoms. The molecule has 0 aliphatic carbocycles. The summed E-state index contributed by atoms with van der Waals surface area (Å²) in [5, 5.41) is 8.43. The molecule has 2 nitrogen and oxygen atoms in total. The first-order valence-corrected chi connectivity index (χ1v) is 10.3. The van der Waals surface area contributed by atoms with Crippen LogP contribution < -0.4 is 0 Å². The lowest BCUT2D eigenvalue weighted by molar-refractivity contribution is 0.0765. The molecule has 0 saturated heterocycles. The Bertz CT molecular complexity index is 534. The van der Waals surface area contributed by atoms with E-state index >= 15 is 0 Å². The predicted octanol–water partition coefficient (Wildman–Crippen LogP) is 5.35. The number of aliphatic hydroxyl groups is 1. The van der Waals surface area contributed by atoms with E-state index in [9.17, 15) is 0 Å². The molecule has 0 fully saturated rings. The zero-order valence-corrected chi connectivity index (χ0v) is 16.6. The van der Waals surface area contributed by atoms with Crippen molar-refractivity contribution in [3.05, 3.63) is 60.7 Å². The molecule has 2 aromatic carbocycles. The Morgan fingerprint density at radius 3 is 1.50 bits per heavy atom. The summed E-state index contributed by atoms with van der Waals surface area (Å²) in [6.45, 7) is 9.16.